The zero-order chi connectivity index (χ0) is 21.3. The van der Waals surface area contributed by atoms with Crippen LogP contribution in [0.1, 0.15) is 24.9 Å². The number of carbonyl (C=O) groups is 1. The number of hydrogen-bond donors (Lipinski definition) is 3. The van der Waals surface area contributed by atoms with Crippen molar-refractivity contribution >= 4 is 40.1 Å². The number of hydrogen-bond acceptors (Lipinski definition) is 4. The normalized spacial score (nSPS) is 12.2. The highest BCUT2D eigenvalue weighted by molar-refractivity contribution is 7.71. The predicted octanol–water partition coefficient (Wildman–Crippen LogP) is 3.82. The molecule has 1 amide bonds. The van der Waals surface area contributed by atoms with Crippen LogP contribution in [0.15, 0.2) is 53.3 Å². The third-order valence-electron chi connectivity index (χ3n) is 5.18. The van der Waals surface area contributed by atoms with Gasteiger partial charge in [-0.2, -0.15) is 0 Å². The summed E-state index contributed by atoms with van der Waals surface area (Å²) >= 11 is 5.40. The summed E-state index contributed by atoms with van der Waals surface area (Å²) in [6.45, 7) is 2.12. The van der Waals surface area contributed by atoms with Gasteiger partial charge >= 0.3 is 0 Å². The molecule has 3 N–H and O–H groups in total. The van der Waals surface area contributed by atoms with E-state index in [9.17, 15) is 9.59 Å². The van der Waals surface area contributed by atoms with Crippen LogP contribution in [-0.4, -0.2) is 27.6 Å². The Morgan fingerprint density at radius 1 is 1.17 bits per heavy atom. The molecule has 8 heteroatoms. The largest absolute Gasteiger partial charge is 0.497 e. The fourth-order valence-electron chi connectivity index (χ4n) is 3.54. The van der Waals surface area contributed by atoms with Gasteiger partial charge in [-0.05, 0) is 42.9 Å². The summed E-state index contributed by atoms with van der Waals surface area (Å²) in [6.07, 6.45) is 0.147. The summed E-state index contributed by atoms with van der Waals surface area (Å²) in [5, 5.41) is 3.78. The maximum Gasteiger partial charge on any atom is 0.278 e. The van der Waals surface area contributed by atoms with E-state index in [-0.39, 0.29) is 35.2 Å². The first-order valence-corrected chi connectivity index (χ1v) is 10.1. The smallest absolute Gasteiger partial charge is 0.278 e. The van der Waals surface area contributed by atoms with Crippen molar-refractivity contribution in [3.63, 3.8) is 0 Å². The molecule has 0 bridgehead atoms. The molecule has 30 heavy (non-hydrogen) atoms. The first-order valence-electron chi connectivity index (χ1n) is 9.65. The molecule has 0 spiro atoms. The minimum absolute atomic E-state index is 0.115. The van der Waals surface area contributed by atoms with Gasteiger partial charge in [-0.15, -0.1) is 0 Å². The summed E-state index contributed by atoms with van der Waals surface area (Å²) in [6, 6.07) is 15.1. The van der Waals surface area contributed by atoms with Gasteiger partial charge in [0.2, 0.25) is 5.91 Å². The highest BCUT2D eigenvalue weighted by Crippen LogP contribution is 2.25. The van der Waals surface area contributed by atoms with Gasteiger partial charge in [-0.25, -0.2) is 0 Å². The summed E-state index contributed by atoms with van der Waals surface area (Å²) < 4.78 is 6.96. The van der Waals surface area contributed by atoms with Crippen LogP contribution in [0.4, 0.5) is 0 Å². The molecule has 0 saturated heterocycles. The van der Waals surface area contributed by atoms with Crippen molar-refractivity contribution in [1.82, 2.24) is 19.9 Å². The number of ether oxygens (including phenoxy) is 1. The minimum atomic E-state index is -0.257. The lowest BCUT2D eigenvalue weighted by Gasteiger charge is -2.14. The predicted molar refractivity (Wildman–Crippen MR) is 119 cm³/mol. The van der Waals surface area contributed by atoms with Crippen LogP contribution in [-0.2, 0) is 11.3 Å². The molecule has 7 nitrogen and oxygen atoms in total. The number of fused-ring (bicyclic) bond motifs is 3. The highest BCUT2D eigenvalue weighted by atomic mass is 32.1. The second-order valence-corrected chi connectivity index (χ2v) is 7.51. The number of benzene rings is 2. The van der Waals surface area contributed by atoms with E-state index in [2.05, 4.69) is 15.3 Å². The van der Waals surface area contributed by atoms with E-state index in [0.717, 1.165) is 16.5 Å². The summed E-state index contributed by atoms with van der Waals surface area (Å²) in [5.41, 5.74) is 2.63. The molecular weight excluding hydrogens is 400 g/mol. The van der Waals surface area contributed by atoms with Crippen molar-refractivity contribution in [1.29, 1.82) is 0 Å². The maximum absolute atomic E-state index is 13.0. The van der Waals surface area contributed by atoms with Gasteiger partial charge in [-0.1, -0.05) is 30.3 Å². The lowest BCUT2D eigenvalue weighted by Crippen LogP contribution is -2.30. The van der Waals surface area contributed by atoms with Gasteiger partial charge in [-0.3, -0.25) is 14.2 Å². The average Bonchev–Trinajstić information content (AvgIpc) is 3.12. The first kappa shape index (κ1) is 19.9. The number of rotatable bonds is 6. The summed E-state index contributed by atoms with van der Waals surface area (Å²) in [7, 11) is 1.59. The van der Waals surface area contributed by atoms with Crippen molar-refractivity contribution in [3.05, 3.63) is 69.2 Å². The fraction of sp³-hybridized carbons (Fsp3) is 0.227. The van der Waals surface area contributed by atoms with E-state index in [1.54, 1.807) is 7.11 Å². The van der Waals surface area contributed by atoms with Crippen molar-refractivity contribution in [2.75, 3.05) is 7.11 Å². The molecule has 0 saturated carbocycles. The van der Waals surface area contributed by atoms with E-state index in [1.165, 1.54) is 4.57 Å². The summed E-state index contributed by atoms with van der Waals surface area (Å²) in [5.74, 6) is 0.547. The zero-order valence-electron chi connectivity index (χ0n) is 16.7. The Bertz CT molecular complexity index is 1340. The van der Waals surface area contributed by atoms with Crippen LogP contribution in [0.3, 0.4) is 0 Å². The van der Waals surface area contributed by atoms with Gasteiger partial charge in [0.1, 0.15) is 11.3 Å². The van der Waals surface area contributed by atoms with E-state index in [0.29, 0.717) is 16.8 Å². The highest BCUT2D eigenvalue weighted by Gasteiger charge is 2.14. The monoisotopic (exact) mass is 422 g/mol. The Morgan fingerprint density at radius 2 is 1.93 bits per heavy atom. The SMILES string of the molecule is COc1ccc2[nH]c3c(=O)n(CCC(=O)N[C@H](C)c4ccccc4)c(=S)[nH]c3c2c1. The number of aromatic nitrogens is 3. The Morgan fingerprint density at radius 3 is 2.67 bits per heavy atom. The van der Waals surface area contributed by atoms with E-state index >= 15 is 0 Å². The Balaban J connectivity index is 1.57. The molecule has 0 fully saturated rings. The molecule has 0 aliphatic carbocycles. The quantitative estimate of drug-likeness (QED) is 0.412. The second kappa shape index (κ2) is 8.16. The van der Waals surface area contributed by atoms with Gasteiger partial charge in [0, 0.05) is 23.9 Å². The number of carbonyl (C=O) groups excluding carboxylic acids is 1. The average molecular weight is 423 g/mol. The lowest BCUT2D eigenvalue weighted by molar-refractivity contribution is -0.122. The molecule has 1 atom stereocenters. The Labute approximate surface area is 177 Å². The molecule has 2 heterocycles. The number of H-pyrrole nitrogens is 2. The minimum Gasteiger partial charge on any atom is -0.497 e. The van der Waals surface area contributed by atoms with Crippen LogP contribution in [0.5, 0.6) is 5.75 Å². The second-order valence-electron chi connectivity index (χ2n) is 7.12. The van der Waals surface area contributed by atoms with Crippen LogP contribution < -0.4 is 15.6 Å². The number of methoxy groups -OCH3 is 1. The third-order valence-corrected chi connectivity index (χ3v) is 5.50. The fourth-order valence-corrected chi connectivity index (χ4v) is 3.82. The number of amides is 1. The van der Waals surface area contributed by atoms with Crippen LogP contribution in [0.25, 0.3) is 21.9 Å². The van der Waals surface area contributed by atoms with Crippen LogP contribution >= 0.6 is 12.2 Å². The molecular formula is C22H22N4O3S. The van der Waals surface area contributed by atoms with Crippen molar-refractivity contribution in [2.24, 2.45) is 0 Å². The van der Waals surface area contributed by atoms with Gasteiger partial charge < -0.3 is 20.0 Å². The van der Waals surface area contributed by atoms with Crippen molar-refractivity contribution in [3.8, 4) is 5.75 Å². The van der Waals surface area contributed by atoms with Crippen LogP contribution in [0.2, 0.25) is 0 Å². The molecule has 0 unspecified atom stereocenters. The standard InChI is InChI=1S/C22H22N4O3S/c1-13(14-6-4-3-5-7-14)23-18(27)10-11-26-21(28)20-19(25-22(26)30)16-12-15(29-2)8-9-17(16)24-20/h3-9,12-13,24H,10-11H2,1-2H3,(H,23,27)(H,25,30)/t13-/m1/s1. The van der Waals surface area contributed by atoms with Gasteiger partial charge in [0.15, 0.2) is 4.77 Å². The first-order chi connectivity index (χ1) is 14.5. The number of aromatic amines is 2. The van der Waals surface area contributed by atoms with E-state index < -0.39 is 0 Å². The van der Waals surface area contributed by atoms with E-state index in [1.807, 2.05) is 55.5 Å². The number of nitrogens with one attached hydrogen (secondary N) is 3. The third kappa shape index (κ3) is 3.73. The van der Waals surface area contributed by atoms with Gasteiger partial charge in [0.25, 0.3) is 5.56 Å². The molecule has 154 valence electrons. The molecule has 2 aromatic heterocycles. The van der Waals surface area contributed by atoms with Crippen LogP contribution in [0, 0.1) is 4.77 Å². The number of nitrogens with zero attached hydrogens (tertiary/aromatic N) is 1. The molecule has 0 radical (unpaired) electrons. The molecule has 2 aromatic carbocycles. The lowest BCUT2D eigenvalue weighted by atomic mass is 10.1. The van der Waals surface area contributed by atoms with E-state index in [4.69, 9.17) is 17.0 Å². The van der Waals surface area contributed by atoms with Crippen molar-refractivity contribution in [2.45, 2.75) is 25.9 Å². The Kier molecular flexibility index (Phi) is 5.41. The Hall–Kier alpha value is -3.39. The molecule has 4 rings (SSSR count). The van der Waals surface area contributed by atoms with Gasteiger partial charge in [0.05, 0.1) is 18.7 Å². The topological polar surface area (TPSA) is 91.9 Å². The molecule has 0 aliphatic heterocycles. The maximum atomic E-state index is 13.0. The zero-order valence-corrected chi connectivity index (χ0v) is 17.5. The summed E-state index contributed by atoms with van der Waals surface area (Å²) in [4.78, 5) is 31.7. The molecule has 0 aliphatic rings. The van der Waals surface area contributed by atoms with Crippen molar-refractivity contribution < 1.29 is 9.53 Å². The molecule has 4 aromatic rings.